The van der Waals surface area contributed by atoms with Crippen molar-refractivity contribution in [2.45, 2.75) is 13.3 Å². The van der Waals surface area contributed by atoms with Crippen LogP contribution in [0.3, 0.4) is 0 Å². The molecule has 23 heavy (non-hydrogen) atoms. The second-order valence-corrected chi connectivity index (χ2v) is 5.11. The van der Waals surface area contributed by atoms with Gasteiger partial charge in [-0.3, -0.25) is 5.32 Å². The summed E-state index contributed by atoms with van der Waals surface area (Å²) in [6.45, 7) is 1.96. The lowest BCUT2D eigenvalue weighted by Crippen LogP contribution is -2.19. The van der Waals surface area contributed by atoms with Crippen molar-refractivity contribution in [2.75, 3.05) is 10.6 Å². The Kier molecular flexibility index (Phi) is 4.33. The third kappa shape index (κ3) is 4.16. The van der Waals surface area contributed by atoms with E-state index < -0.39 is 6.03 Å². The molecule has 1 heterocycles. The predicted octanol–water partition coefficient (Wildman–Crippen LogP) is 3.61. The molecule has 2 amide bonds. The second-order valence-electron chi connectivity index (χ2n) is 5.11. The fraction of sp³-hybridized carbons (Fsp3) is 0.118. The van der Waals surface area contributed by atoms with Gasteiger partial charge in [0.05, 0.1) is 6.42 Å². The molecule has 0 aliphatic heterocycles. The molecule has 116 valence electrons. The van der Waals surface area contributed by atoms with E-state index in [1.165, 1.54) is 0 Å². The zero-order valence-corrected chi connectivity index (χ0v) is 12.6. The number of urea groups is 1. The molecular weight excluding hydrogens is 292 g/mol. The summed E-state index contributed by atoms with van der Waals surface area (Å²) in [4.78, 5) is 11.9. The van der Waals surface area contributed by atoms with Gasteiger partial charge in [-0.2, -0.15) is 0 Å². The van der Waals surface area contributed by atoms with Crippen molar-refractivity contribution in [1.29, 1.82) is 0 Å². The molecule has 0 aliphatic rings. The maximum atomic E-state index is 11.9. The Hall–Kier alpha value is -3.15. The van der Waals surface area contributed by atoms with E-state index in [0.717, 1.165) is 11.1 Å². The van der Waals surface area contributed by atoms with Gasteiger partial charge in [-0.25, -0.2) is 4.79 Å². The highest BCUT2D eigenvalue weighted by Gasteiger charge is 2.10. The number of hydrogen-bond acceptors (Lipinski definition) is 4. The maximum Gasteiger partial charge on any atom is 0.327 e. The zero-order valence-electron chi connectivity index (χ0n) is 12.6. The third-order valence-corrected chi connectivity index (χ3v) is 3.16. The monoisotopic (exact) mass is 308 g/mol. The first kappa shape index (κ1) is 14.8. The number of hydrogen-bond donors (Lipinski definition) is 2. The first-order chi connectivity index (χ1) is 11.2. The van der Waals surface area contributed by atoms with Crippen molar-refractivity contribution in [3.05, 3.63) is 71.6 Å². The number of nitrogens with zero attached hydrogens (tertiary/aromatic N) is 2. The molecule has 0 spiro atoms. The van der Waals surface area contributed by atoms with Crippen LogP contribution in [0.1, 0.15) is 17.0 Å². The van der Waals surface area contributed by atoms with E-state index in [9.17, 15) is 4.79 Å². The van der Waals surface area contributed by atoms with Crippen LogP contribution in [-0.4, -0.2) is 16.2 Å². The van der Waals surface area contributed by atoms with Crippen molar-refractivity contribution < 1.29 is 9.21 Å². The summed E-state index contributed by atoms with van der Waals surface area (Å²) in [6.07, 6.45) is 0.523. The lowest BCUT2D eigenvalue weighted by molar-refractivity contribution is 0.261. The number of anilines is 2. The number of rotatable bonds is 4. The van der Waals surface area contributed by atoms with E-state index in [-0.39, 0.29) is 6.01 Å². The SMILES string of the molecule is Cc1cccc(NC(=O)Nc2nnc(Cc3ccccc3)o2)c1. The van der Waals surface area contributed by atoms with Gasteiger partial charge >= 0.3 is 12.0 Å². The number of aryl methyl sites for hydroxylation is 1. The van der Waals surface area contributed by atoms with Crippen LogP contribution in [0, 0.1) is 6.92 Å². The fourth-order valence-corrected chi connectivity index (χ4v) is 2.13. The second kappa shape index (κ2) is 6.74. The first-order valence-corrected chi connectivity index (χ1v) is 7.20. The average molecular weight is 308 g/mol. The Morgan fingerprint density at radius 2 is 1.87 bits per heavy atom. The van der Waals surface area contributed by atoms with E-state index in [0.29, 0.717) is 18.0 Å². The van der Waals surface area contributed by atoms with Crippen molar-refractivity contribution in [3.63, 3.8) is 0 Å². The molecule has 3 aromatic rings. The smallest absolute Gasteiger partial charge is 0.327 e. The van der Waals surface area contributed by atoms with Gasteiger partial charge < -0.3 is 9.73 Å². The molecule has 0 aliphatic carbocycles. The Balaban J connectivity index is 1.59. The van der Waals surface area contributed by atoms with Crippen LogP contribution in [0.15, 0.2) is 59.0 Å². The van der Waals surface area contributed by atoms with Gasteiger partial charge in [0, 0.05) is 5.69 Å². The van der Waals surface area contributed by atoms with Crippen LogP contribution < -0.4 is 10.6 Å². The molecule has 0 saturated heterocycles. The molecule has 1 aromatic heterocycles. The normalized spacial score (nSPS) is 10.3. The summed E-state index contributed by atoms with van der Waals surface area (Å²) in [5.41, 5.74) is 2.82. The van der Waals surface area contributed by atoms with Crippen LogP contribution in [0.5, 0.6) is 0 Å². The van der Waals surface area contributed by atoms with Crippen LogP contribution in [-0.2, 0) is 6.42 Å². The molecule has 3 rings (SSSR count). The Morgan fingerprint density at radius 3 is 2.65 bits per heavy atom. The van der Waals surface area contributed by atoms with Crippen LogP contribution in [0.25, 0.3) is 0 Å². The molecule has 0 unspecified atom stereocenters. The zero-order chi connectivity index (χ0) is 16.1. The lowest BCUT2D eigenvalue weighted by atomic mass is 10.2. The van der Waals surface area contributed by atoms with Gasteiger partial charge in [0.15, 0.2) is 0 Å². The highest BCUT2D eigenvalue weighted by molar-refractivity contribution is 5.98. The molecular formula is C17H16N4O2. The molecule has 2 aromatic carbocycles. The highest BCUT2D eigenvalue weighted by Crippen LogP contribution is 2.13. The van der Waals surface area contributed by atoms with Crippen molar-refractivity contribution in [3.8, 4) is 0 Å². The number of benzene rings is 2. The topological polar surface area (TPSA) is 80.0 Å². The van der Waals surface area contributed by atoms with Gasteiger partial charge in [0.2, 0.25) is 5.89 Å². The summed E-state index contributed by atoms with van der Waals surface area (Å²) in [7, 11) is 0. The average Bonchev–Trinajstić information content (AvgIpc) is 2.95. The summed E-state index contributed by atoms with van der Waals surface area (Å²) < 4.78 is 5.43. The molecule has 2 N–H and O–H groups in total. The molecule has 0 radical (unpaired) electrons. The van der Waals surface area contributed by atoms with Crippen LogP contribution in [0.2, 0.25) is 0 Å². The number of amides is 2. The van der Waals surface area contributed by atoms with Gasteiger partial charge in [0.1, 0.15) is 0 Å². The minimum atomic E-state index is -0.425. The Labute approximate surface area is 133 Å². The highest BCUT2D eigenvalue weighted by atomic mass is 16.4. The molecule has 0 atom stereocenters. The van der Waals surface area contributed by atoms with E-state index in [2.05, 4.69) is 20.8 Å². The number of carbonyl (C=O) groups is 1. The minimum Gasteiger partial charge on any atom is -0.407 e. The quantitative estimate of drug-likeness (QED) is 0.771. The third-order valence-electron chi connectivity index (χ3n) is 3.16. The Morgan fingerprint density at radius 1 is 1.04 bits per heavy atom. The predicted molar refractivity (Wildman–Crippen MR) is 87.4 cm³/mol. The van der Waals surface area contributed by atoms with E-state index in [1.54, 1.807) is 6.07 Å². The van der Waals surface area contributed by atoms with Gasteiger partial charge in [-0.1, -0.05) is 47.6 Å². The van der Waals surface area contributed by atoms with E-state index in [4.69, 9.17) is 4.42 Å². The maximum absolute atomic E-state index is 11.9. The lowest BCUT2D eigenvalue weighted by Gasteiger charge is -2.05. The van der Waals surface area contributed by atoms with Gasteiger partial charge in [-0.05, 0) is 30.2 Å². The molecule has 6 nitrogen and oxygen atoms in total. The molecule has 0 saturated carbocycles. The number of nitrogens with one attached hydrogen (secondary N) is 2. The van der Waals surface area contributed by atoms with Crippen LogP contribution in [0.4, 0.5) is 16.5 Å². The summed E-state index contributed by atoms with van der Waals surface area (Å²) in [5.74, 6) is 0.446. The minimum absolute atomic E-state index is 0.0704. The van der Waals surface area contributed by atoms with Gasteiger partial charge in [-0.15, -0.1) is 5.10 Å². The van der Waals surface area contributed by atoms with Crippen LogP contribution >= 0.6 is 0 Å². The molecule has 0 bridgehead atoms. The van der Waals surface area contributed by atoms with Crippen molar-refractivity contribution in [2.24, 2.45) is 0 Å². The van der Waals surface area contributed by atoms with Gasteiger partial charge in [0.25, 0.3) is 0 Å². The fourth-order valence-electron chi connectivity index (χ4n) is 2.13. The summed E-state index contributed by atoms with van der Waals surface area (Å²) >= 11 is 0. The van der Waals surface area contributed by atoms with Crippen molar-refractivity contribution >= 4 is 17.7 Å². The number of aromatic nitrogens is 2. The van der Waals surface area contributed by atoms with Crippen molar-refractivity contribution in [1.82, 2.24) is 10.2 Å². The summed E-state index contributed by atoms with van der Waals surface area (Å²) in [5, 5.41) is 13.0. The van der Waals surface area contributed by atoms with E-state index >= 15 is 0 Å². The number of carbonyl (C=O) groups excluding carboxylic acids is 1. The largest absolute Gasteiger partial charge is 0.407 e. The molecule has 6 heteroatoms. The summed E-state index contributed by atoms with van der Waals surface area (Å²) in [6, 6.07) is 16.9. The van der Waals surface area contributed by atoms with E-state index in [1.807, 2.05) is 55.5 Å². The first-order valence-electron chi connectivity index (χ1n) is 7.20. The molecule has 0 fully saturated rings. The standard InChI is InChI=1S/C17H16N4O2/c1-12-6-5-9-14(10-12)18-16(22)19-17-21-20-15(23-17)11-13-7-3-2-4-8-13/h2-10H,11H2,1H3,(H2,18,19,21,22). The Bertz CT molecular complexity index is 799.